The van der Waals surface area contributed by atoms with E-state index in [0.717, 1.165) is 58.7 Å². The molecule has 158 valence electrons. The van der Waals surface area contributed by atoms with E-state index >= 15 is 0 Å². The lowest BCUT2D eigenvalue weighted by Crippen LogP contribution is -2.26. The first-order valence-electron chi connectivity index (χ1n) is 10.1. The van der Waals surface area contributed by atoms with Gasteiger partial charge >= 0.3 is 5.97 Å². The summed E-state index contributed by atoms with van der Waals surface area (Å²) in [6.07, 6.45) is 2.46. The number of esters is 1. The van der Waals surface area contributed by atoms with Gasteiger partial charge in [-0.15, -0.1) is 0 Å². The average Bonchev–Trinajstić information content (AvgIpc) is 3.40. The van der Waals surface area contributed by atoms with Crippen LogP contribution in [-0.2, 0) is 9.47 Å². The van der Waals surface area contributed by atoms with E-state index in [4.69, 9.17) is 9.47 Å². The van der Waals surface area contributed by atoms with Gasteiger partial charge in [0.15, 0.2) is 5.17 Å². The molecule has 3 heterocycles. The topological polar surface area (TPSA) is 77.2 Å². The van der Waals surface area contributed by atoms with Gasteiger partial charge in [0, 0.05) is 35.0 Å². The summed E-state index contributed by atoms with van der Waals surface area (Å²) < 4.78 is 12.6. The molecule has 1 aromatic carbocycles. The fraction of sp³-hybridized carbons (Fsp3) is 0.409. The fourth-order valence-corrected chi connectivity index (χ4v) is 4.59. The highest BCUT2D eigenvalue weighted by atomic mass is 32.2. The lowest BCUT2D eigenvalue weighted by atomic mass is 10.1. The van der Waals surface area contributed by atoms with Crippen LogP contribution in [-0.4, -0.2) is 53.5 Å². The molecule has 1 atom stereocenters. The van der Waals surface area contributed by atoms with E-state index in [2.05, 4.69) is 40.0 Å². The van der Waals surface area contributed by atoms with E-state index in [1.807, 2.05) is 12.1 Å². The SMILES string of the molecule is COC(=O)c1ccc(-n2c(C)cc(C3=NNC(=NCC4CCCO4)SC3)c2C)cc1. The normalized spacial score (nSPS) is 20.2. The molecule has 0 radical (unpaired) electrons. The Hall–Kier alpha value is -2.58. The first kappa shape index (κ1) is 20.7. The summed E-state index contributed by atoms with van der Waals surface area (Å²) in [4.78, 5) is 16.3. The monoisotopic (exact) mass is 426 g/mol. The average molecular weight is 427 g/mol. The molecule has 1 N–H and O–H groups in total. The number of nitrogens with one attached hydrogen (secondary N) is 1. The van der Waals surface area contributed by atoms with Gasteiger partial charge in [-0.1, -0.05) is 11.8 Å². The highest BCUT2D eigenvalue weighted by Gasteiger charge is 2.20. The number of benzene rings is 1. The zero-order valence-electron chi connectivity index (χ0n) is 17.5. The fourth-order valence-electron chi connectivity index (χ4n) is 3.83. The van der Waals surface area contributed by atoms with Gasteiger partial charge in [-0.05, 0) is 57.0 Å². The molecule has 2 aliphatic rings. The van der Waals surface area contributed by atoms with Gasteiger partial charge in [-0.2, -0.15) is 5.10 Å². The quantitative estimate of drug-likeness (QED) is 0.741. The second kappa shape index (κ2) is 9.06. The van der Waals surface area contributed by atoms with Crippen molar-refractivity contribution in [2.75, 3.05) is 26.0 Å². The molecule has 0 saturated carbocycles. The van der Waals surface area contributed by atoms with Crippen molar-refractivity contribution in [3.63, 3.8) is 0 Å². The molecule has 4 rings (SSSR count). The summed E-state index contributed by atoms with van der Waals surface area (Å²) in [6.45, 7) is 5.70. The van der Waals surface area contributed by atoms with Gasteiger partial charge in [-0.3, -0.25) is 10.4 Å². The molecule has 30 heavy (non-hydrogen) atoms. The number of thioether (sulfide) groups is 1. The zero-order valence-corrected chi connectivity index (χ0v) is 18.3. The standard InChI is InChI=1S/C22H26N4O3S/c1-14-11-19(15(2)26(14)17-8-6-16(7-9-17)21(27)28-3)20-13-30-22(25-24-20)23-12-18-5-4-10-29-18/h6-9,11,18H,4-5,10,12-13H2,1-3H3,(H,23,25). The second-order valence-electron chi connectivity index (χ2n) is 7.40. The summed E-state index contributed by atoms with van der Waals surface area (Å²) in [5.74, 6) is 0.433. The smallest absolute Gasteiger partial charge is 0.337 e. The van der Waals surface area contributed by atoms with Gasteiger partial charge in [0.05, 0.1) is 31.0 Å². The van der Waals surface area contributed by atoms with Crippen molar-refractivity contribution >= 4 is 28.6 Å². The van der Waals surface area contributed by atoms with Crippen LogP contribution in [0.2, 0.25) is 0 Å². The number of hydrazone groups is 1. The number of nitrogens with zero attached hydrogens (tertiary/aromatic N) is 3. The Bertz CT molecular complexity index is 989. The number of carbonyl (C=O) groups excluding carboxylic acids is 1. The summed E-state index contributed by atoms with van der Waals surface area (Å²) in [5, 5.41) is 5.43. The first-order valence-corrected chi connectivity index (χ1v) is 11.0. The maximum atomic E-state index is 11.7. The molecule has 2 aliphatic heterocycles. The van der Waals surface area contributed by atoms with Crippen LogP contribution in [0.15, 0.2) is 40.4 Å². The third-order valence-corrected chi connectivity index (χ3v) is 6.29. The Balaban J connectivity index is 1.51. The van der Waals surface area contributed by atoms with Gasteiger partial charge < -0.3 is 14.0 Å². The second-order valence-corrected chi connectivity index (χ2v) is 8.36. The number of aryl methyl sites for hydroxylation is 1. The van der Waals surface area contributed by atoms with Crippen molar-refractivity contribution in [1.29, 1.82) is 0 Å². The Morgan fingerprint density at radius 1 is 1.37 bits per heavy atom. The van der Waals surface area contributed by atoms with Crippen molar-refractivity contribution in [3.8, 4) is 5.69 Å². The van der Waals surface area contributed by atoms with Crippen LogP contribution >= 0.6 is 11.8 Å². The predicted octanol–water partition coefficient (Wildman–Crippen LogP) is 3.46. The molecule has 8 heteroatoms. The highest BCUT2D eigenvalue weighted by Crippen LogP contribution is 2.24. The number of hydrogen-bond acceptors (Lipinski definition) is 6. The third kappa shape index (κ3) is 4.29. The van der Waals surface area contributed by atoms with Gasteiger partial charge in [-0.25, -0.2) is 4.79 Å². The van der Waals surface area contributed by atoms with Crippen molar-refractivity contribution in [1.82, 2.24) is 9.99 Å². The van der Waals surface area contributed by atoms with Crippen LogP contribution in [0, 0.1) is 13.8 Å². The van der Waals surface area contributed by atoms with Crippen molar-refractivity contribution in [2.45, 2.75) is 32.8 Å². The Labute approximate surface area is 180 Å². The molecule has 1 saturated heterocycles. The molecule has 1 unspecified atom stereocenters. The van der Waals surface area contributed by atoms with Crippen molar-refractivity contribution in [2.24, 2.45) is 10.1 Å². The summed E-state index contributed by atoms with van der Waals surface area (Å²) in [6, 6.07) is 9.58. The van der Waals surface area contributed by atoms with E-state index in [1.165, 1.54) is 7.11 Å². The summed E-state index contributed by atoms with van der Waals surface area (Å²) in [5.41, 5.74) is 8.97. The van der Waals surface area contributed by atoms with Crippen molar-refractivity contribution in [3.05, 3.63) is 52.8 Å². The molecular weight excluding hydrogens is 400 g/mol. The minimum Gasteiger partial charge on any atom is -0.465 e. The van der Waals surface area contributed by atoms with Gasteiger partial charge in [0.2, 0.25) is 0 Å². The number of amidine groups is 1. The summed E-state index contributed by atoms with van der Waals surface area (Å²) in [7, 11) is 1.39. The minimum absolute atomic E-state index is 0.245. The zero-order chi connectivity index (χ0) is 21.1. The maximum absolute atomic E-state index is 11.7. The number of carbonyl (C=O) groups is 1. The van der Waals surface area contributed by atoms with Crippen LogP contribution in [0.3, 0.4) is 0 Å². The molecule has 2 aromatic rings. The molecule has 0 spiro atoms. The molecule has 1 aromatic heterocycles. The van der Waals surface area contributed by atoms with Crippen LogP contribution in [0.1, 0.15) is 40.2 Å². The Morgan fingerprint density at radius 3 is 2.80 bits per heavy atom. The van der Waals surface area contributed by atoms with Crippen molar-refractivity contribution < 1.29 is 14.3 Å². The minimum atomic E-state index is -0.334. The number of hydrogen-bond donors (Lipinski definition) is 1. The molecule has 7 nitrogen and oxygen atoms in total. The molecule has 0 aliphatic carbocycles. The van der Waals surface area contributed by atoms with E-state index in [-0.39, 0.29) is 12.1 Å². The number of methoxy groups -OCH3 is 1. The third-order valence-electron chi connectivity index (χ3n) is 5.38. The molecule has 0 amide bonds. The Morgan fingerprint density at radius 2 is 2.17 bits per heavy atom. The maximum Gasteiger partial charge on any atom is 0.337 e. The number of ether oxygens (including phenoxy) is 2. The molecule has 1 fully saturated rings. The molecule has 0 bridgehead atoms. The Kier molecular flexibility index (Phi) is 6.24. The number of aromatic nitrogens is 1. The predicted molar refractivity (Wildman–Crippen MR) is 120 cm³/mol. The number of aliphatic imine (C=N–C) groups is 1. The first-order chi connectivity index (χ1) is 14.6. The van der Waals surface area contributed by atoms with E-state index in [1.54, 1.807) is 23.9 Å². The molecular formula is C22H26N4O3S. The highest BCUT2D eigenvalue weighted by molar-refractivity contribution is 8.14. The van der Waals surface area contributed by atoms with E-state index in [0.29, 0.717) is 12.1 Å². The van der Waals surface area contributed by atoms with E-state index < -0.39 is 0 Å². The van der Waals surface area contributed by atoms with E-state index in [9.17, 15) is 4.79 Å². The van der Waals surface area contributed by atoms with Crippen LogP contribution in [0.4, 0.5) is 0 Å². The summed E-state index contributed by atoms with van der Waals surface area (Å²) >= 11 is 1.67. The van der Waals surface area contributed by atoms with Crippen LogP contribution < -0.4 is 5.43 Å². The van der Waals surface area contributed by atoms with Crippen LogP contribution in [0.5, 0.6) is 0 Å². The van der Waals surface area contributed by atoms with Gasteiger partial charge in [0.25, 0.3) is 0 Å². The lowest BCUT2D eigenvalue weighted by molar-refractivity contribution is 0.0600. The number of rotatable bonds is 5. The lowest BCUT2D eigenvalue weighted by Gasteiger charge is -2.16. The van der Waals surface area contributed by atoms with Crippen LogP contribution in [0.25, 0.3) is 5.69 Å². The largest absolute Gasteiger partial charge is 0.465 e. The van der Waals surface area contributed by atoms with Gasteiger partial charge in [0.1, 0.15) is 0 Å².